The quantitative estimate of drug-likeness (QED) is 0.806. The van der Waals surface area contributed by atoms with Crippen LogP contribution in [0.3, 0.4) is 0 Å². The Labute approximate surface area is 99.2 Å². The normalized spacial score (nSPS) is 12.8. The van der Waals surface area contributed by atoms with Crippen molar-refractivity contribution in [3.05, 3.63) is 28.8 Å². The van der Waals surface area contributed by atoms with E-state index in [9.17, 15) is 9.59 Å². The molecular weight excluding hydrogens is 220 g/mol. The SMILES string of the molecule is CN(C)C(=O)c1cc2c(c(C(N)=O)c1)OCC2. The van der Waals surface area contributed by atoms with Gasteiger partial charge in [-0.25, -0.2) is 0 Å². The Balaban J connectivity index is 2.54. The zero-order chi connectivity index (χ0) is 12.6. The molecule has 5 nitrogen and oxygen atoms in total. The monoisotopic (exact) mass is 234 g/mol. The number of hydrogen-bond donors (Lipinski definition) is 1. The molecule has 1 aliphatic heterocycles. The summed E-state index contributed by atoms with van der Waals surface area (Å²) in [7, 11) is 3.33. The van der Waals surface area contributed by atoms with Gasteiger partial charge in [-0.3, -0.25) is 9.59 Å². The predicted molar refractivity (Wildman–Crippen MR) is 62.2 cm³/mol. The Kier molecular flexibility index (Phi) is 2.75. The Morgan fingerprint density at radius 2 is 2.06 bits per heavy atom. The number of carbonyl (C=O) groups is 2. The maximum absolute atomic E-state index is 11.9. The predicted octanol–water partition coefficient (Wildman–Crippen LogP) is 0.422. The fraction of sp³-hybridized carbons (Fsp3) is 0.333. The summed E-state index contributed by atoms with van der Waals surface area (Å²) in [6.45, 7) is 0.523. The number of nitrogens with zero attached hydrogens (tertiary/aromatic N) is 1. The van der Waals surface area contributed by atoms with E-state index in [4.69, 9.17) is 10.5 Å². The van der Waals surface area contributed by atoms with Crippen molar-refractivity contribution < 1.29 is 14.3 Å². The second-order valence-corrected chi connectivity index (χ2v) is 4.17. The molecular formula is C12H14N2O3. The first-order chi connectivity index (χ1) is 8.00. The van der Waals surface area contributed by atoms with Gasteiger partial charge in [0.15, 0.2) is 0 Å². The van der Waals surface area contributed by atoms with Crippen LogP contribution in [0, 0.1) is 0 Å². The topological polar surface area (TPSA) is 72.6 Å². The number of rotatable bonds is 2. The van der Waals surface area contributed by atoms with E-state index >= 15 is 0 Å². The smallest absolute Gasteiger partial charge is 0.253 e. The Morgan fingerprint density at radius 1 is 1.35 bits per heavy atom. The summed E-state index contributed by atoms with van der Waals surface area (Å²) in [5.74, 6) is -0.202. The highest BCUT2D eigenvalue weighted by atomic mass is 16.5. The Bertz CT molecular complexity index is 495. The minimum atomic E-state index is -0.573. The van der Waals surface area contributed by atoms with E-state index in [0.717, 1.165) is 5.56 Å². The molecule has 0 fully saturated rings. The molecule has 1 aromatic carbocycles. The average molecular weight is 234 g/mol. The number of benzene rings is 1. The van der Waals surface area contributed by atoms with E-state index in [1.165, 1.54) is 11.0 Å². The fourth-order valence-electron chi connectivity index (χ4n) is 1.87. The van der Waals surface area contributed by atoms with Crippen molar-refractivity contribution in [1.82, 2.24) is 4.90 Å². The zero-order valence-corrected chi connectivity index (χ0v) is 9.82. The Hall–Kier alpha value is -2.04. The van der Waals surface area contributed by atoms with Crippen molar-refractivity contribution in [2.45, 2.75) is 6.42 Å². The maximum atomic E-state index is 11.9. The molecule has 0 radical (unpaired) electrons. The van der Waals surface area contributed by atoms with Gasteiger partial charge in [0.25, 0.3) is 11.8 Å². The van der Waals surface area contributed by atoms with Gasteiger partial charge in [-0.05, 0) is 17.7 Å². The zero-order valence-electron chi connectivity index (χ0n) is 9.82. The first kappa shape index (κ1) is 11.4. The molecule has 2 N–H and O–H groups in total. The van der Waals surface area contributed by atoms with Crippen LogP contribution < -0.4 is 10.5 Å². The van der Waals surface area contributed by atoms with E-state index < -0.39 is 5.91 Å². The number of carbonyl (C=O) groups excluding carboxylic acids is 2. The number of fused-ring (bicyclic) bond motifs is 1. The van der Waals surface area contributed by atoms with E-state index in [0.29, 0.717) is 24.3 Å². The van der Waals surface area contributed by atoms with Gasteiger partial charge in [0, 0.05) is 26.1 Å². The number of ether oxygens (including phenoxy) is 1. The molecule has 1 heterocycles. The van der Waals surface area contributed by atoms with Crippen LogP contribution in [0.25, 0.3) is 0 Å². The lowest BCUT2D eigenvalue weighted by Crippen LogP contribution is -2.22. The van der Waals surface area contributed by atoms with Crippen LogP contribution in [-0.2, 0) is 6.42 Å². The first-order valence-corrected chi connectivity index (χ1v) is 5.32. The van der Waals surface area contributed by atoms with Crippen molar-refractivity contribution in [1.29, 1.82) is 0 Å². The van der Waals surface area contributed by atoms with E-state index in [2.05, 4.69) is 0 Å². The lowest BCUT2D eigenvalue weighted by atomic mass is 10.0. The van der Waals surface area contributed by atoms with Crippen LogP contribution in [0.4, 0.5) is 0 Å². The molecule has 0 bridgehead atoms. The van der Waals surface area contributed by atoms with Crippen molar-refractivity contribution in [2.75, 3.05) is 20.7 Å². The maximum Gasteiger partial charge on any atom is 0.253 e. The highest BCUT2D eigenvalue weighted by Gasteiger charge is 2.23. The molecule has 1 aromatic rings. The fourth-order valence-corrected chi connectivity index (χ4v) is 1.87. The third kappa shape index (κ3) is 1.95. The van der Waals surface area contributed by atoms with Gasteiger partial charge in [0.2, 0.25) is 0 Å². The number of hydrogen-bond acceptors (Lipinski definition) is 3. The Morgan fingerprint density at radius 3 is 2.65 bits per heavy atom. The second-order valence-electron chi connectivity index (χ2n) is 4.17. The summed E-state index contributed by atoms with van der Waals surface area (Å²) in [5.41, 5.74) is 6.90. The molecule has 1 aliphatic rings. The molecule has 0 atom stereocenters. The molecule has 2 rings (SSSR count). The van der Waals surface area contributed by atoms with Crippen molar-refractivity contribution in [3.63, 3.8) is 0 Å². The molecule has 2 amide bonds. The van der Waals surface area contributed by atoms with Crippen LogP contribution in [-0.4, -0.2) is 37.4 Å². The highest BCUT2D eigenvalue weighted by Crippen LogP contribution is 2.31. The van der Waals surface area contributed by atoms with Crippen LogP contribution >= 0.6 is 0 Å². The molecule has 0 aromatic heterocycles. The second kappa shape index (κ2) is 4.08. The number of amides is 2. The van der Waals surface area contributed by atoms with Crippen LogP contribution in [0.1, 0.15) is 26.3 Å². The third-order valence-corrected chi connectivity index (χ3v) is 2.70. The molecule has 0 saturated heterocycles. The summed E-state index contributed by atoms with van der Waals surface area (Å²) in [4.78, 5) is 24.6. The molecule has 17 heavy (non-hydrogen) atoms. The van der Waals surface area contributed by atoms with Gasteiger partial charge >= 0.3 is 0 Å². The minimum Gasteiger partial charge on any atom is -0.492 e. The summed E-state index contributed by atoms with van der Waals surface area (Å²) in [6, 6.07) is 3.26. The summed E-state index contributed by atoms with van der Waals surface area (Å²) < 4.78 is 5.36. The van der Waals surface area contributed by atoms with E-state index in [1.54, 1.807) is 20.2 Å². The average Bonchev–Trinajstić information content (AvgIpc) is 2.73. The van der Waals surface area contributed by atoms with Crippen molar-refractivity contribution >= 4 is 11.8 Å². The summed E-state index contributed by atoms with van der Waals surface area (Å²) in [6.07, 6.45) is 0.699. The molecule has 0 aliphatic carbocycles. The molecule has 0 spiro atoms. The van der Waals surface area contributed by atoms with Gasteiger partial charge in [-0.2, -0.15) is 0 Å². The summed E-state index contributed by atoms with van der Waals surface area (Å²) >= 11 is 0. The van der Waals surface area contributed by atoms with Crippen LogP contribution in [0.15, 0.2) is 12.1 Å². The molecule has 5 heteroatoms. The lowest BCUT2D eigenvalue weighted by Gasteiger charge is -2.12. The first-order valence-electron chi connectivity index (χ1n) is 5.32. The third-order valence-electron chi connectivity index (χ3n) is 2.70. The molecule has 0 unspecified atom stereocenters. The van der Waals surface area contributed by atoms with E-state index in [-0.39, 0.29) is 11.5 Å². The molecule has 0 saturated carbocycles. The highest BCUT2D eigenvalue weighted by molar-refractivity contribution is 6.01. The van der Waals surface area contributed by atoms with Crippen molar-refractivity contribution in [2.24, 2.45) is 5.73 Å². The lowest BCUT2D eigenvalue weighted by molar-refractivity contribution is 0.0827. The standard InChI is InChI=1S/C12H14N2O3/c1-14(2)12(16)8-5-7-3-4-17-10(7)9(6-8)11(13)15/h5-6H,3-4H2,1-2H3,(H2,13,15). The summed E-state index contributed by atoms with van der Waals surface area (Å²) in [5, 5.41) is 0. The van der Waals surface area contributed by atoms with Gasteiger partial charge in [-0.1, -0.05) is 0 Å². The van der Waals surface area contributed by atoms with Crippen LogP contribution in [0.2, 0.25) is 0 Å². The number of nitrogens with two attached hydrogens (primary N) is 1. The van der Waals surface area contributed by atoms with Gasteiger partial charge in [-0.15, -0.1) is 0 Å². The van der Waals surface area contributed by atoms with Gasteiger partial charge < -0.3 is 15.4 Å². The van der Waals surface area contributed by atoms with Crippen molar-refractivity contribution in [3.8, 4) is 5.75 Å². The van der Waals surface area contributed by atoms with Crippen LogP contribution in [0.5, 0.6) is 5.75 Å². The largest absolute Gasteiger partial charge is 0.492 e. The minimum absolute atomic E-state index is 0.151. The van der Waals surface area contributed by atoms with Gasteiger partial charge in [0.1, 0.15) is 5.75 Å². The molecule has 90 valence electrons. The van der Waals surface area contributed by atoms with Gasteiger partial charge in [0.05, 0.1) is 12.2 Å². The van der Waals surface area contributed by atoms with E-state index in [1.807, 2.05) is 0 Å². The number of primary amides is 1.